The number of thiocarbonyl (C=S) groups is 1. The minimum absolute atomic E-state index is 0.563. The van der Waals surface area contributed by atoms with Crippen molar-refractivity contribution in [1.82, 2.24) is 4.90 Å². The van der Waals surface area contributed by atoms with Crippen LogP contribution in [0.2, 0.25) is 5.02 Å². The predicted octanol–water partition coefficient (Wildman–Crippen LogP) is 2.75. The summed E-state index contributed by atoms with van der Waals surface area (Å²) in [6.45, 7) is 2.70. The molecule has 0 atom stereocenters. The largest absolute Gasteiger partial charge is 0.495 e. The average molecular weight is 385 g/mol. The Labute approximate surface area is 158 Å². The Bertz CT molecular complexity index is 662. The zero-order chi connectivity index (χ0) is 17.5. The van der Waals surface area contributed by atoms with Crippen molar-refractivity contribution < 1.29 is 9.64 Å². The minimum Gasteiger partial charge on any atom is -0.495 e. The molecule has 0 spiro atoms. The summed E-state index contributed by atoms with van der Waals surface area (Å²) < 4.78 is 5.18. The van der Waals surface area contributed by atoms with E-state index in [4.69, 9.17) is 28.6 Å². The van der Waals surface area contributed by atoms with Crippen molar-refractivity contribution in [3.63, 3.8) is 0 Å². The van der Waals surface area contributed by atoms with Crippen molar-refractivity contribution in [3.05, 3.63) is 45.6 Å². The normalized spacial score (nSPS) is 10.7. The van der Waals surface area contributed by atoms with Gasteiger partial charge in [0, 0.05) is 10.6 Å². The molecule has 1 aromatic heterocycles. The lowest BCUT2D eigenvalue weighted by Crippen LogP contribution is -3.06. The molecule has 1 heterocycles. The van der Waals surface area contributed by atoms with Crippen LogP contribution in [-0.2, 0) is 6.54 Å². The van der Waals surface area contributed by atoms with Gasteiger partial charge in [-0.2, -0.15) is 0 Å². The number of hydrogen-bond acceptors (Lipinski definition) is 3. The molecule has 0 unspecified atom stereocenters. The van der Waals surface area contributed by atoms with E-state index in [0.717, 1.165) is 25.3 Å². The van der Waals surface area contributed by atoms with Crippen LogP contribution in [0.4, 0.5) is 5.69 Å². The van der Waals surface area contributed by atoms with Crippen LogP contribution >= 0.6 is 35.2 Å². The van der Waals surface area contributed by atoms with Crippen LogP contribution in [0.3, 0.4) is 0 Å². The zero-order valence-corrected chi connectivity index (χ0v) is 16.5. The van der Waals surface area contributed by atoms with Crippen molar-refractivity contribution in [3.8, 4) is 5.75 Å². The minimum atomic E-state index is 0.563. The highest BCUT2D eigenvalue weighted by atomic mass is 35.5. The first-order chi connectivity index (χ1) is 11.5. The highest BCUT2D eigenvalue weighted by Crippen LogP contribution is 2.27. The van der Waals surface area contributed by atoms with E-state index >= 15 is 0 Å². The Morgan fingerprint density at radius 3 is 2.75 bits per heavy atom. The highest BCUT2D eigenvalue weighted by molar-refractivity contribution is 7.80. The van der Waals surface area contributed by atoms with Crippen LogP contribution in [-0.4, -0.2) is 44.3 Å². The van der Waals surface area contributed by atoms with E-state index in [0.29, 0.717) is 15.9 Å². The third kappa shape index (κ3) is 5.63. The Kier molecular flexibility index (Phi) is 7.30. The van der Waals surface area contributed by atoms with Crippen molar-refractivity contribution in [2.24, 2.45) is 0 Å². The third-order valence-electron chi connectivity index (χ3n) is 3.50. The van der Waals surface area contributed by atoms with E-state index in [9.17, 15) is 0 Å². The van der Waals surface area contributed by atoms with Gasteiger partial charge in [-0.25, -0.2) is 0 Å². The first-order valence-electron chi connectivity index (χ1n) is 7.70. The molecule has 0 bridgehead atoms. The summed E-state index contributed by atoms with van der Waals surface area (Å²) in [5, 5.41) is 6.63. The Balaban J connectivity index is 2.06. The summed E-state index contributed by atoms with van der Waals surface area (Å²) in [5.74, 6) is 0.653. The standard InChI is InChI=1S/C17H22ClN3OS2/c1-20(2)8-9-21(12-14-5-4-10-24-14)17(23)19-13-6-7-16(22-3)15(18)11-13/h4-7,10-11H,8-9,12H2,1-3H3,(H,19,23)/p+1. The molecular weight excluding hydrogens is 362 g/mol. The number of anilines is 1. The first-order valence-corrected chi connectivity index (χ1v) is 9.37. The monoisotopic (exact) mass is 384 g/mol. The lowest BCUT2D eigenvalue weighted by atomic mass is 10.3. The summed E-state index contributed by atoms with van der Waals surface area (Å²) >= 11 is 13.6. The number of rotatable bonds is 7. The molecule has 4 nitrogen and oxygen atoms in total. The van der Waals surface area contributed by atoms with Gasteiger partial charge < -0.3 is 19.9 Å². The Morgan fingerprint density at radius 2 is 2.17 bits per heavy atom. The molecule has 24 heavy (non-hydrogen) atoms. The van der Waals surface area contributed by atoms with Crippen molar-refractivity contribution >= 4 is 46.0 Å². The molecule has 130 valence electrons. The quantitative estimate of drug-likeness (QED) is 0.718. The van der Waals surface area contributed by atoms with Crippen LogP contribution in [0.1, 0.15) is 4.88 Å². The summed E-state index contributed by atoms with van der Waals surface area (Å²) in [6, 6.07) is 9.77. The fourth-order valence-electron chi connectivity index (χ4n) is 2.15. The zero-order valence-electron chi connectivity index (χ0n) is 14.1. The molecule has 7 heteroatoms. The number of benzene rings is 1. The maximum Gasteiger partial charge on any atom is 0.173 e. The van der Waals surface area contributed by atoms with E-state index in [1.165, 1.54) is 9.78 Å². The summed E-state index contributed by atoms with van der Waals surface area (Å²) in [6.07, 6.45) is 0. The lowest BCUT2D eigenvalue weighted by Gasteiger charge is -2.26. The number of likely N-dealkylation sites (N-methyl/N-ethyl adjacent to an activating group) is 1. The van der Waals surface area contributed by atoms with Crippen molar-refractivity contribution in [2.75, 3.05) is 39.6 Å². The molecule has 2 aromatic rings. The average Bonchev–Trinajstić information content (AvgIpc) is 3.04. The summed E-state index contributed by atoms with van der Waals surface area (Å²) in [5.41, 5.74) is 0.860. The smallest absolute Gasteiger partial charge is 0.173 e. The molecule has 0 radical (unpaired) electrons. The van der Waals surface area contributed by atoms with Crippen LogP contribution in [0, 0.1) is 0 Å². The summed E-state index contributed by atoms with van der Waals surface area (Å²) in [4.78, 5) is 4.87. The Hall–Kier alpha value is -1.34. The number of ether oxygens (including phenoxy) is 1. The molecule has 0 fully saturated rings. The number of thiophene rings is 1. The molecule has 0 aliphatic carbocycles. The van der Waals surface area contributed by atoms with Crippen LogP contribution in [0.25, 0.3) is 0 Å². The molecule has 2 N–H and O–H groups in total. The Morgan fingerprint density at radius 1 is 1.38 bits per heavy atom. The number of hydrogen-bond donors (Lipinski definition) is 2. The topological polar surface area (TPSA) is 28.9 Å². The number of nitrogens with zero attached hydrogens (tertiary/aromatic N) is 1. The molecular formula is C17H23ClN3OS2+. The number of nitrogens with one attached hydrogen (secondary N) is 2. The fourth-order valence-corrected chi connectivity index (χ4v) is 3.40. The van der Waals surface area contributed by atoms with Crippen LogP contribution < -0.4 is 15.0 Å². The molecule has 0 amide bonds. The van der Waals surface area contributed by atoms with Crippen LogP contribution in [0.5, 0.6) is 5.75 Å². The molecule has 0 saturated heterocycles. The SMILES string of the molecule is COc1ccc(NC(=S)N(CC[NH+](C)C)Cc2cccs2)cc1Cl. The van der Waals surface area contributed by atoms with Gasteiger partial charge in [0.15, 0.2) is 5.11 Å². The van der Waals surface area contributed by atoms with Crippen LogP contribution in [0.15, 0.2) is 35.7 Å². The van der Waals surface area contributed by atoms with Gasteiger partial charge in [-0.3, -0.25) is 0 Å². The maximum absolute atomic E-state index is 6.19. The summed E-state index contributed by atoms with van der Waals surface area (Å²) in [7, 11) is 5.89. The van der Waals surface area contributed by atoms with E-state index in [-0.39, 0.29) is 0 Å². The first kappa shape index (κ1) is 19.0. The molecule has 0 saturated carbocycles. The molecule has 0 aliphatic heterocycles. The number of quaternary nitrogens is 1. The molecule has 2 rings (SSSR count). The van der Waals surface area contributed by atoms with Gasteiger partial charge >= 0.3 is 0 Å². The van der Waals surface area contributed by atoms with E-state index in [1.807, 2.05) is 18.2 Å². The fraction of sp³-hybridized carbons (Fsp3) is 0.353. The number of halogens is 1. The second kappa shape index (κ2) is 9.22. The van der Waals surface area contributed by atoms with Crippen molar-refractivity contribution in [1.29, 1.82) is 0 Å². The second-order valence-electron chi connectivity index (χ2n) is 5.74. The molecule has 1 aromatic carbocycles. The van der Waals surface area contributed by atoms with Gasteiger partial charge in [0.05, 0.1) is 45.9 Å². The van der Waals surface area contributed by atoms with E-state index < -0.39 is 0 Å². The van der Waals surface area contributed by atoms with Crippen molar-refractivity contribution in [2.45, 2.75) is 6.54 Å². The lowest BCUT2D eigenvalue weighted by molar-refractivity contribution is -0.857. The predicted molar refractivity (Wildman–Crippen MR) is 107 cm³/mol. The molecule has 0 aliphatic rings. The number of methoxy groups -OCH3 is 1. The van der Waals surface area contributed by atoms with Gasteiger partial charge in [-0.1, -0.05) is 17.7 Å². The van der Waals surface area contributed by atoms with Gasteiger partial charge in [0.2, 0.25) is 0 Å². The van der Waals surface area contributed by atoms with E-state index in [2.05, 4.69) is 41.8 Å². The van der Waals surface area contributed by atoms with Gasteiger partial charge in [0.1, 0.15) is 5.75 Å². The van der Waals surface area contributed by atoms with Gasteiger partial charge in [0.25, 0.3) is 0 Å². The van der Waals surface area contributed by atoms with Gasteiger partial charge in [-0.05, 0) is 41.9 Å². The maximum atomic E-state index is 6.19. The second-order valence-corrected chi connectivity index (χ2v) is 7.56. The van der Waals surface area contributed by atoms with Gasteiger partial charge in [-0.15, -0.1) is 11.3 Å². The third-order valence-corrected chi connectivity index (χ3v) is 5.02. The van der Waals surface area contributed by atoms with E-state index in [1.54, 1.807) is 18.4 Å². The highest BCUT2D eigenvalue weighted by Gasteiger charge is 2.13.